The van der Waals surface area contributed by atoms with Crippen molar-refractivity contribution in [3.8, 4) is 0 Å². The van der Waals surface area contributed by atoms with Crippen molar-refractivity contribution in [3.63, 3.8) is 0 Å². The monoisotopic (exact) mass is 444 g/mol. The Hall–Kier alpha value is -2.01. The zero-order chi connectivity index (χ0) is 21.0. The molecule has 0 bridgehead atoms. The Morgan fingerprint density at radius 1 is 1.10 bits per heavy atom. The number of carbonyl (C=O) groups is 1. The highest BCUT2D eigenvalue weighted by molar-refractivity contribution is 7.99. The third kappa shape index (κ3) is 5.75. The minimum atomic E-state index is 0.00604. The van der Waals surface area contributed by atoms with Crippen LogP contribution in [0.5, 0.6) is 0 Å². The van der Waals surface area contributed by atoms with Gasteiger partial charge in [-0.1, -0.05) is 48.8 Å². The number of carbonyl (C=O) groups excluding carboxylic acids is 1. The van der Waals surface area contributed by atoms with Crippen molar-refractivity contribution in [2.75, 3.05) is 0 Å². The van der Waals surface area contributed by atoms with Gasteiger partial charge in [-0.3, -0.25) is 9.78 Å². The molecule has 0 amide bonds. The maximum Gasteiger partial charge on any atom is 0.152 e. The third-order valence-corrected chi connectivity index (χ3v) is 5.90. The molecular formula is C23H22Cl2N2OS. The van der Waals surface area contributed by atoms with Crippen LogP contribution in [-0.4, -0.2) is 15.8 Å². The molecule has 1 unspecified atom stereocenters. The molecule has 0 saturated heterocycles. The van der Waals surface area contributed by atoms with Gasteiger partial charge in [0.25, 0.3) is 0 Å². The summed E-state index contributed by atoms with van der Waals surface area (Å²) in [5.74, 6) is 0.539. The fourth-order valence-corrected chi connectivity index (χ4v) is 5.02. The zero-order valence-electron chi connectivity index (χ0n) is 16.4. The van der Waals surface area contributed by atoms with Gasteiger partial charge in [-0.25, -0.2) is 0 Å². The van der Waals surface area contributed by atoms with Crippen LogP contribution in [0.1, 0.15) is 43.5 Å². The summed E-state index contributed by atoms with van der Waals surface area (Å²) in [6, 6.07) is 11.7. The number of pyridine rings is 1. The maximum absolute atomic E-state index is 11.4. The Morgan fingerprint density at radius 2 is 1.76 bits per heavy atom. The highest BCUT2D eigenvalue weighted by Gasteiger charge is 2.24. The molecular weight excluding hydrogens is 423 g/mol. The summed E-state index contributed by atoms with van der Waals surface area (Å²) >= 11 is 14.0. The van der Waals surface area contributed by atoms with Gasteiger partial charge in [-0.15, -0.1) is 0 Å². The fraction of sp³-hybridized carbons (Fsp3) is 0.217. The summed E-state index contributed by atoms with van der Waals surface area (Å²) < 4.78 is 0. The van der Waals surface area contributed by atoms with Gasteiger partial charge in [0, 0.05) is 38.9 Å². The van der Waals surface area contributed by atoms with Gasteiger partial charge in [-0.2, -0.15) is 0 Å². The van der Waals surface area contributed by atoms with Crippen molar-refractivity contribution in [2.24, 2.45) is 5.92 Å². The molecule has 0 fully saturated rings. The van der Waals surface area contributed by atoms with Crippen molar-refractivity contribution >= 4 is 46.8 Å². The number of hydrogen-bond acceptors (Lipinski definition) is 3. The Labute approximate surface area is 185 Å². The van der Waals surface area contributed by atoms with Crippen LogP contribution in [0.4, 0.5) is 0 Å². The summed E-state index contributed by atoms with van der Waals surface area (Å²) in [7, 11) is 0. The normalized spacial score (nSPS) is 12.6. The van der Waals surface area contributed by atoms with E-state index in [1.54, 1.807) is 23.9 Å². The van der Waals surface area contributed by atoms with Crippen LogP contribution in [-0.2, 0) is 4.79 Å². The second kappa shape index (κ2) is 9.66. The topological polar surface area (TPSA) is 45.8 Å². The van der Waals surface area contributed by atoms with Gasteiger partial charge in [0.2, 0.25) is 0 Å². The molecule has 3 aromatic rings. The van der Waals surface area contributed by atoms with Crippen molar-refractivity contribution < 1.29 is 4.79 Å². The lowest BCUT2D eigenvalue weighted by atomic mass is 9.84. The van der Waals surface area contributed by atoms with E-state index in [0.29, 0.717) is 16.0 Å². The Bertz CT molecular complexity index is 1010. The van der Waals surface area contributed by atoms with Gasteiger partial charge in [0.05, 0.1) is 5.03 Å². The highest BCUT2D eigenvalue weighted by atomic mass is 35.5. The highest BCUT2D eigenvalue weighted by Crippen LogP contribution is 2.41. The van der Waals surface area contributed by atoms with Gasteiger partial charge in [0.1, 0.15) is 0 Å². The number of allylic oxidation sites excluding steroid dienone is 1. The van der Waals surface area contributed by atoms with E-state index < -0.39 is 0 Å². The largest absolute Gasteiger partial charge is 0.350 e. The number of nitrogens with zero attached hydrogens (tertiary/aromatic N) is 1. The molecule has 6 heteroatoms. The number of nitrogens with one attached hydrogen (secondary N) is 1. The minimum Gasteiger partial charge on any atom is -0.350 e. The number of ketones is 1. The van der Waals surface area contributed by atoms with Crippen LogP contribution >= 0.6 is 35.0 Å². The van der Waals surface area contributed by atoms with E-state index in [4.69, 9.17) is 23.2 Å². The fourth-order valence-electron chi connectivity index (χ4n) is 3.28. The minimum absolute atomic E-state index is 0.00604. The van der Waals surface area contributed by atoms with E-state index in [9.17, 15) is 4.79 Å². The lowest BCUT2D eigenvalue weighted by molar-refractivity contribution is -0.112. The first-order chi connectivity index (χ1) is 13.8. The Balaban J connectivity index is 2.09. The molecule has 0 aliphatic carbocycles. The molecule has 3 nitrogen and oxygen atoms in total. The first-order valence-corrected chi connectivity index (χ1v) is 10.9. The van der Waals surface area contributed by atoms with Crippen LogP contribution < -0.4 is 0 Å². The van der Waals surface area contributed by atoms with Crippen LogP contribution in [0, 0.1) is 5.92 Å². The predicted molar refractivity (Wildman–Crippen MR) is 122 cm³/mol. The van der Waals surface area contributed by atoms with E-state index in [2.05, 4.69) is 29.9 Å². The summed E-state index contributed by atoms with van der Waals surface area (Å²) in [5.41, 5.74) is 3.24. The summed E-state index contributed by atoms with van der Waals surface area (Å²) in [5, 5.41) is 2.20. The van der Waals surface area contributed by atoms with E-state index in [0.717, 1.165) is 21.2 Å². The number of H-pyrrole nitrogens is 1. The Morgan fingerprint density at radius 3 is 2.34 bits per heavy atom. The molecule has 1 aromatic carbocycles. The van der Waals surface area contributed by atoms with Crippen molar-refractivity contribution in [2.45, 2.75) is 36.6 Å². The van der Waals surface area contributed by atoms with Gasteiger partial charge < -0.3 is 4.98 Å². The Kier molecular flexibility index (Phi) is 7.23. The van der Waals surface area contributed by atoms with Gasteiger partial charge >= 0.3 is 0 Å². The van der Waals surface area contributed by atoms with Crippen LogP contribution in [0.15, 0.2) is 64.8 Å². The summed E-state index contributed by atoms with van der Waals surface area (Å²) in [4.78, 5) is 20.0. The van der Waals surface area contributed by atoms with Crippen molar-refractivity contribution in [1.29, 1.82) is 0 Å². The van der Waals surface area contributed by atoms with Crippen molar-refractivity contribution in [1.82, 2.24) is 9.97 Å². The maximum atomic E-state index is 11.4. The van der Waals surface area contributed by atoms with Crippen LogP contribution in [0.25, 0.3) is 6.08 Å². The van der Waals surface area contributed by atoms with E-state index >= 15 is 0 Å². The molecule has 29 heavy (non-hydrogen) atoms. The SMILES string of the molecule is CC(=O)C=Cc1cc(C(c2ccncc2)C(C)C)c(Sc2cc(Cl)cc(Cl)c2)[nH]1. The molecule has 1 N–H and O–H groups in total. The van der Waals surface area contributed by atoms with Gasteiger partial charge in [-0.05, 0) is 72.5 Å². The number of aromatic amines is 1. The third-order valence-electron chi connectivity index (χ3n) is 4.45. The van der Waals surface area contributed by atoms with E-state index in [-0.39, 0.29) is 11.7 Å². The molecule has 2 aromatic heterocycles. The predicted octanol–water partition coefficient (Wildman–Crippen LogP) is 7.26. The molecule has 150 valence electrons. The molecule has 1 atom stereocenters. The lowest BCUT2D eigenvalue weighted by Crippen LogP contribution is -2.09. The molecule has 0 radical (unpaired) electrons. The molecule has 0 saturated carbocycles. The number of rotatable bonds is 7. The number of aromatic nitrogens is 2. The number of benzene rings is 1. The average Bonchev–Trinajstić information content (AvgIpc) is 3.02. The van der Waals surface area contributed by atoms with E-state index in [1.165, 1.54) is 12.5 Å². The first-order valence-electron chi connectivity index (χ1n) is 9.29. The number of hydrogen-bond donors (Lipinski definition) is 1. The molecule has 0 aliphatic heterocycles. The smallest absolute Gasteiger partial charge is 0.152 e. The quantitative estimate of drug-likeness (QED) is 0.390. The molecule has 2 heterocycles. The van der Waals surface area contributed by atoms with Crippen molar-refractivity contribution in [3.05, 3.63) is 81.7 Å². The average molecular weight is 445 g/mol. The van der Waals surface area contributed by atoms with Crippen LogP contribution in [0.3, 0.4) is 0 Å². The molecule has 0 aliphatic rings. The zero-order valence-corrected chi connectivity index (χ0v) is 18.8. The number of halogens is 2. The standard InChI is InChI=1S/C23H22Cl2N2OS/c1-14(2)22(16-6-8-26-9-7-16)21-13-19(5-4-15(3)28)27-23(21)29-20-11-17(24)10-18(25)12-20/h4-14,22,27H,1-3H3. The first kappa shape index (κ1) is 21.7. The second-order valence-corrected chi connectivity index (χ2v) is 9.12. The lowest BCUT2D eigenvalue weighted by Gasteiger charge is -2.22. The summed E-state index contributed by atoms with van der Waals surface area (Å²) in [6.45, 7) is 5.94. The van der Waals surface area contributed by atoms with Crippen LogP contribution in [0.2, 0.25) is 10.0 Å². The molecule has 3 rings (SSSR count). The van der Waals surface area contributed by atoms with Gasteiger partial charge in [0.15, 0.2) is 5.78 Å². The second-order valence-electron chi connectivity index (χ2n) is 7.16. The summed E-state index contributed by atoms with van der Waals surface area (Å²) in [6.07, 6.45) is 7.01. The van der Waals surface area contributed by atoms with E-state index in [1.807, 2.05) is 42.7 Å². The molecule has 0 spiro atoms.